The molecule has 0 saturated heterocycles. The Bertz CT molecular complexity index is 1060. The van der Waals surface area contributed by atoms with Gasteiger partial charge in [0.15, 0.2) is 9.92 Å². The number of hydrogen-bond donors (Lipinski definition) is 3. The average molecular weight is 524 g/mol. The van der Waals surface area contributed by atoms with E-state index in [-0.39, 0.29) is 21.8 Å². The van der Waals surface area contributed by atoms with Gasteiger partial charge in [-0.15, -0.1) is 16.1 Å². The van der Waals surface area contributed by atoms with Crippen molar-refractivity contribution in [1.29, 1.82) is 0 Å². The first-order valence-corrected chi connectivity index (χ1v) is 13.2. The number of thioether (sulfide) groups is 1. The first-order valence-electron chi connectivity index (χ1n) is 10.7. The summed E-state index contributed by atoms with van der Waals surface area (Å²) in [5.41, 5.74) is 0.0313. The van der Waals surface area contributed by atoms with Crippen molar-refractivity contribution in [2.75, 3.05) is 5.32 Å². The molecule has 0 bridgehead atoms. The van der Waals surface area contributed by atoms with Gasteiger partial charge in [0.2, 0.25) is 0 Å². The molecule has 4 N–H and O–H groups in total. The standard InChI is InChI=1S/C22H32F3N3O4S2/c1-10(2)14-8-13(32-20(24)25)9-15(11(3)4)17(14)27-21(29)28-34(26,31)19-16(23)12(5)18(33-19)22(6,7)30/h8-12,18,20,30H,1-7H3,(H3,26,27,28,29,31). The van der Waals surface area contributed by atoms with Crippen molar-refractivity contribution in [2.24, 2.45) is 15.4 Å². The molecule has 12 heteroatoms. The SMILES string of the molecule is CC(C)c1cc(OC(F)F)cc(C(C)C)c1NC(=O)N=S(N)(=O)C1=C(F)C(C)C(C(C)(C)O)S1. The van der Waals surface area contributed by atoms with Gasteiger partial charge in [0.05, 0.1) is 5.60 Å². The van der Waals surface area contributed by atoms with Crippen LogP contribution in [0.25, 0.3) is 0 Å². The van der Waals surface area contributed by atoms with E-state index in [1.165, 1.54) is 32.9 Å². The second-order valence-corrected chi connectivity index (χ2v) is 12.5. The number of aliphatic hydroxyl groups is 1. The van der Waals surface area contributed by atoms with E-state index in [0.29, 0.717) is 16.8 Å². The molecule has 7 nitrogen and oxygen atoms in total. The number of hydrogen-bond acceptors (Lipinski definition) is 5. The summed E-state index contributed by atoms with van der Waals surface area (Å²) in [4.78, 5) is 12.8. The molecule has 1 heterocycles. The predicted octanol–water partition coefficient (Wildman–Crippen LogP) is 6.07. The van der Waals surface area contributed by atoms with Crippen molar-refractivity contribution in [3.8, 4) is 5.75 Å². The molecule has 34 heavy (non-hydrogen) atoms. The number of alkyl halides is 2. The molecule has 0 spiro atoms. The third-order valence-corrected chi connectivity index (χ3v) is 9.15. The van der Waals surface area contributed by atoms with Gasteiger partial charge < -0.3 is 15.2 Å². The molecule has 0 saturated carbocycles. The van der Waals surface area contributed by atoms with Gasteiger partial charge in [-0.3, -0.25) is 0 Å². The largest absolute Gasteiger partial charge is 0.435 e. The summed E-state index contributed by atoms with van der Waals surface area (Å²) in [6, 6.07) is 1.71. The van der Waals surface area contributed by atoms with Crippen LogP contribution in [0.5, 0.6) is 5.75 Å². The van der Waals surface area contributed by atoms with Gasteiger partial charge in [-0.1, -0.05) is 34.6 Å². The fourth-order valence-corrected chi connectivity index (χ4v) is 6.69. The number of nitrogens with zero attached hydrogens (tertiary/aromatic N) is 1. The Morgan fingerprint density at radius 1 is 1.24 bits per heavy atom. The number of ether oxygens (including phenoxy) is 1. The molecule has 2 amide bonds. The van der Waals surface area contributed by atoms with E-state index < -0.39 is 45.2 Å². The molecule has 1 aliphatic rings. The monoisotopic (exact) mass is 523 g/mol. The lowest BCUT2D eigenvalue weighted by Crippen LogP contribution is -2.36. The maximum absolute atomic E-state index is 14.8. The first-order chi connectivity index (χ1) is 15.5. The molecule has 1 aromatic rings. The molecular formula is C22H32F3N3O4S2. The summed E-state index contributed by atoms with van der Waals surface area (Å²) in [7, 11) is -3.95. The molecule has 0 aromatic heterocycles. The number of nitrogens with one attached hydrogen (secondary N) is 1. The second-order valence-electron chi connectivity index (χ2n) is 9.37. The van der Waals surface area contributed by atoms with Gasteiger partial charge in [-0.05, 0) is 48.9 Å². The van der Waals surface area contributed by atoms with Crippen molar-refractivity contribution >= 4 is 33.4 Å². The number of carbonyl (C=O) groups is 1. The Morgan fingerprint density at radius 2 is 1.74 bits per heavy atom. The molecular weight excluding hydrogens is 491 g/mol. The molecule has 3 unspecified atom stereocenters. The van der Waals surface area contributed by atoms with E-state index in [1.807, 2.05) is 0 Å². The van der Waals surface area contributed by atoms with Gasteiger partial charge in [-0.25, -0.2) is 18.5 Å². The van der Waals surface area contributed by atoms with Crippen molar-refractivity contribution in [1.82, 2.24) is 0 Å². The summed E-state index contributed by atoms with van der Waals surface area (Å²) >= 11 is 0.806. The lowest BCUT2D eigenvalue weighted by Gasteiger charge is -2.28. The summed E-state index contributed by atoms with van der Waals surface area (Å²) in [6.45, 7) is 8.73. The third-order valence-electron chi connectivity index (χ3n) is 5.34. The number of carbonyl (C=O) groups excluding carboxylic acids is 1. The van der Waals surface area contributed by atoms with E-state index >= 15 is 0 Å². The zero-order chi connectivity index (χ0) is 26.2. The zero-order valence-electron chi connectivity index (χ0n) is 20.2. The number of nitrogens with two attached hydrogens (primary N) is 1. The predicted molar refractivity (Wildman–Crippen MR) is 130 cm³/mol. The number of urea groups is 1. The number of amides is 2. The number of halogens is 3. The van der Waals surface area contributed by atoms with Gasteiger partial charge in [-0.2, -0.15) is 8.78 Å². The van der Waals surface area contributed by atoms with Gasteiger partial charge >= 0.3 is 12.6 Å². The van der Waals surface area contributed by atoms with E-state index in [0.717, 1.165) is 11.8 Å². The average Bonchev–Trinajstić information content (AvgIpc) is 2.97. The Morgan fingerprint density at radius 3 is 2.12 bits per heavy atom. The van der Waals surface area contributed by atoms with Gasteiger partial charge in [0.1, 0.15) is 15.8 Å². The third kappa shape index (κ3) is 6.46. The summed E-state index contributed by atoms with van der Waals surface area (Å²) in [6.07, 6.45) is 0. The normalized spacial score (nSPS) is 20.8. The number of benzene rings is 1. The maximum atomic E-state index is 14.8. The van der Waals surface area contributed by atoms with Crippen LogP contribution < -0.4 is 15.2 Å². The van der Waals surface area contributed by atoms with Crippen LogP contribution in [0, 0.1) is 5.92 Å². The molecule has 0 radical (unpaired) electrons. The Balaban J connectivity index is 2.48. The summed E-state index contributed by atoms with van der Waals surface area (Å²) in [5, 5.41) is 18.0. The van der Waals surface area contributed by atoms with Crippen LogP contribution >= 0.6 is 11.8 Å². The Hall–Kier alpha value is -1.76. The van der Waals surface area contributed by atoms with Crippen LogP contribution in [0.15, 0.2) is 26.6 Å². The molecule has 0 fully saturated rings. The van der Waals surface area contributed by atoms with Crippen molar-refractivity contribution in [3.63, 3.8) is 0 Å². The maximum Gasteiger partial charge on any atom is 0.387 e. The van der Waals surface area contributed by atoms with E-state index in [2.05, 4.69) is 14.4 Å². The summed E-state index contributed by atoms with van der Waals surface area (Å²) < 4.78 is 61.2. The van der Waals surface area contributed by atoms with Gasteiger partial charge in [0.25, 0.3) is 0 Å². The Labute approximate surface area is 203 Å². The van der Waals surface area contributed by atoms with Crippen LogP contribution in [0.1, 0.15) is 71.4 Å². The van der Waals surface area contributed by atoms with Crippen molar-refractivity contribution in [2.45, 2.75) is 77.8 Å². The highest BCUT2D eigenvalue weighted by atomic mass is 32.3. The molecule has 3 atom stereocenters. The van der Waals surface area contributed by atoms with Crippen LogP contribution in [0.4, 0.5) is 23.7 Å². The smallest absolute Gasteiger partial charge is 0.387 e. The molecule has 1 aromatic carbocycles. The number of allylic oxidation sites excluding steroid dienone is 1. The van der Waals surface area contributed by atoms with Crippen molar-refractivity contribution in [3.05, 3.63) is 33.3 Å². The minimum absolute atomic E-state index is 0.0545. The Kier molecular flexibility index (Phi) is 8.77. The quantitative estimate of drug-likeness (QED) is 0.401. The number of rotatable bonds is 7. The first kappa shape index (κ1) is 28.5. The highest BCUT2D eigenvalue weighted by Crippen LogP contribution is 2.49. The lowest BCUT2D eigenvalue weighted by atomic mass is 9.92. The zero-order valence-corrected chi connectivity index (χ0v) is 21.8. The summed E-state index contributed by atoms with van der Waals surface area (Å²) in [5.74, 6) is -2.00. The lowest BCUT2D eigenvalue weighted by molar-refractivity contribution is -0.0499. The van der Waals surface area contributed by atoms with E-state index in [9.17, 15) is 27.3 Å². The number of anilines is 1. The highest BCUT2D eigenvalue weighted by molar-refractivity contribution is 8.19. The second kappa shape index (κ2) is 10.5. The van der Waals surface area contributed by atoms with E-state index in [4.69, 9.17) is 5.14 Å². The topological polar surface area (TPSA) is 114 Å². The molecule has 192 valence electrons. The fourth-order valence-electron chi connectivity index (χ4n) is 3.74. The van der Waals surface area contributed by atoms with Crippen molar-refractivity contribution < 1.29 is 32.0 Å². The minimum atomic E-state index is -3.95. The molecule has 1 aliphatic heterocycles. The minimum Gasteiger partial charge on any atom is -0.435 e. The molecule has 2 rings (SSSR count). The highest BCUT2D eigenvalue weighted by Gasteiger charge is 2.44. The van der Waals surface area contributed by atoms with E-state index in [1.54, 1.807) is 27.7 Å². The fraction of sp³-hybridized carbons (Fsp3) is 0.591. The van der Waals surface area contributed by atoms with Crippen LogP contribution in [0.3, 0.4) is 0 Å². The molecule has 0 aliphatic carbocycles. The van der Waals surface area contributed by atoms with Crippen LogP contribution in [0.2, 0.25) is 0 Å². The van der Waals surface area contributed by atoms with Crippen LogP contribution in [-0.4, -0.2) is 32.8 Å². The van der Waals surface area contributed by atoms with Crippen LogP contribution in [-0.2, 0) is 9.92 Å². The van der Waals surface area contributed by atoms with Gasteiger partial charge in [0, 0.05) is 16.9 Å².